The first-order valence-electron chi connectivity index (χ1n) is 7.74. The average molecular weight is 297 g/mol. The lowest BCUT2D eigenvalue weighted by Gasteiger charge is -2.19. The fraction of sp³-hybridized carbons (Fsp3) is 0.333. The van der Waals surface area contributed by atoms with Crippen molar-refractivity contribution in [2.75, 3.05) is 20.2 Å². The number of hydrazine groups is 1. The predicted octanol–water partition coefficient (Wildman–Crippen LogP) is 2.25. The minimum absolute atomic E-state index is 0.360. The molecule has 1 saturated heterocycles. The van der Waals surface area contributed by atoms with Crippen LogP contribution in [0, 0.1) is 5.92 Å². The molecule has 2 aromatic carbocycles. The first-order chi connectivity index (χ1) is 10.9. The van der Waals surface area contributed by atoms with E-state index in [-0.39, 0.29) is 0 Å². The summed E-state index contributed by atoms with van der Waals surface area (Å²) in [6.07, 6.45) is 0. The van der Waals surface area contributed by atoms with Crippen LogP contribution in [0.25, 0.3) is 0 Å². The van der Waals surface area contributed by atoms with Crippen LogP contribution < -0.4 is 20.9 Å². The van der Waals surface area contributed by atoms with E-state index in [0.717, 1.165) is 25.4 Å². The molecule has 1 heterocycles. The minimum Gasteiger partial charge on any atom is -0.497 e. The summed E-state index contributed by atoms with van der Waals surface area (Å²) in [6, 6.07) is 19.2. The highest BCUT2D eigenvalue weighted by Crippen LogP contribution is 2.24. The Bertz CT molecular complexity index is 588. The lowest BCUT2D eigenvalue weighted by molar-refractivity contribution is 0.413. The number of nitrogens with one attached hydrogen (secondary N) is 3. The first kappa shape index (κ1) is 15.0. The Kier molecular flexibility index (Phi) is 5.06. The van der Waals surface area contributed by atoms with E-state index >= 15 is 0 Å². The van der Waals surface area contributed by atoms with Gasteiger partial charge in [-0.2, -0.15) is 0 Å². The molecule has 3 rings (SSSR count). The smallest absolute Gasteiger partial charge is 0.119 e. The van der Waals surface area contributed by atoms with Crippen LogP contribution in [0.15, 0.2) is 54.6 Å². The first-order valence-corrected chi connectivity index (χ1v) is 7.74. The fourth-order valence-corrected chi connectivity index (χ4v) is 2.93. The molecule has 0 amide bonds. The van der Waals surface area contributed by atoms with E-state index in [1.807, 2.05) is 12.1 Å². The molecule has 4 heteroatoms. The van der Waals surface area contributed by atoms with Crippen LogP contribution in [-0.2, 0) is 6.54 Å². The molecule has 0 bridgehead atoms. The van der Waals surface area contributed by atoms with E-state index in [1.165, 1.54) is 11.1 Å². The third-order valence-electron chi connectivity index (χ3n) is 4.12. The van der Waals surface area contributed by atoms with E-state index in [4.69, 9.17) is 4.74 Å². The summed E-state index contributed by atoms with van der Waals surface area (Å²) >= 11 is 0. The summed E-state index contributed by atoms with van der Waals surface area (Å²) in [5.74, 6) is 1.44. The van der Waals surface area contributed by atoms with Crippen molar-refractivity contribution in [3.8, 4) is 5.75 Å². The van der Waals surface area contributed by atoms with Crippen LogP contribution >= 0.6 is 0 Å². The second kappa shape index (κ2) is 7.40. The second-order valence-corrected chi connectivity index (χ2v) is 5.66. The van der Waals surface area contributed by atoms with Gasteiger partial charge in [0.15, 0.2) is 0 Å². The summed E-state index contributed by atoms with van der Waals surface area (Å²) in [6.45, 7) is 2.80. The highest BCUT2D eigenvalue weighted by atomic mass is 16.5. The summed E-state index contributed by atoms with van der Waals surface area (Å²) in [4.78, 5) is 0. The largest absolute Gasteiger partial charge is 0.497 e. The van der Waals surface area contributed by atoms with Crippen LogP contribution in [0.2, 0.25) is 0 Å². The summed E-state index contributed by atoms with van der Waals surface area (Å²) in [7, 11) is 1.70. The molecule has 2 aromatic rings. The number of ether oxygens (including phenoxy) is 1. The monoisotopic (exact) mass is 297 g/mol. The Morgan fingerprint density at radius 1 is 1.14 bits per heavy atom. The van der Waals surface area contributed by atoms with E-state index in [9.17, 15) is 0 Å². The van der Waals surface area contributed by atoms with Crippen LogP contribution in [0.5, 0.6) is 5.75 Å². The standard InChI is InChI=1S/C18H23N3O/c1-22-17-9-5-6-14(10-17)11-19-12-16-13-20-21-18(16)15-7-3-2-4-8-15/h2-10,16,18-21H,11-13H2,1H3. The normalized spacial score (nSPS) is 21.0. The molecule has 0 aromatic heterocycles. The quantitative estimate of drug-likeness (QED) is 0.765. The van der Waals surface area contributed by atoms with Crippen molar-refractivity contribution in [2.45, 2.75) is 12.6 Å². The molecule has 0 aliphatic carbocycles. The molecule has 4 nitrogen and oxygen atoms in total. The van der Waals surface area contributed by atoms with Crippen LogP contribution in [0.3, 0.4) is 0 Å². The third kappa shape index (κ3) is 3.65. The van der Waals surface area contributed by atoms with Gasteiger partial charge in [0, 0.05) is 25.6 Å². The zero-order chi connectivity index (χ0) is 15.2. The fourth-order valence-electron chi connectivity index (χ4n) is 2.93. The van der Waals surface area contributed by atoms with Crippen molar-refractivity contribution in [1.29, 1.82) is 0 Å². The predicted molar refractivity (Wildman–Crippen MR) is 88.5 cm³/mol. The molecule has 0 radical (unpaired) electrons. The summed E-state index contributed by atoms with van der Waals surface area (Å²) in [5, 5.41) is 3.56. The van der Waals surface area contributed by atoms with Crippen molar-refractivity contribution in [1.82, 2.24) is 16.2 Å². The van der Waals surface area contributed by atoms with Gasteiger partial charge in [-0.3, -0.25) is 5.43 Å². The molecular formula is C18H23N3O. The van der Waals surface area contributed by atoms with Crippen molar-refractivity contribution in [2.24, 2.45) is 5.92 Å². The van der Waals surface area contributed by atoms with Gasteiger partial charge in [-0.15, -0.1) is 0 Å². The zero-order valence-corrected chi connectivity index (χ0v) is 12.9. The molecule has 0 spiro atoms. The van der Waals surface area contributed by atoms with Crippen molar-refractivity contribution >= 4 is 0 Å². The summed E-state index contributed by atoms with van der Waals surface area (Å²) in [5.41, 5.74) is 9.24. The van der Waals surface area contributed by atoms with Crippen molar-refractivity contribution in [3.63, 3.8) is 0 Å². The lowest BCUT2D eigenvalue weighted by Crippen LogP contribution is -2.28. The average Bonchev–Trinajstić information content (AvgIpc) is 3.04. The molecule has 1 fully saturated rings. The maximum atomic E-state index is 5.26. The Hall–Kier alpha value is -1.88. The number of methoxy groups -OCH3 is 1. The Morgan fingerprint density at radius 3 is 2.82 bits per heavy atom. The molecule has 2 atom stereocenters. The van der Waals surface area contributed by atoms with Gasteiger partial charge in [0.05, 0.1) is 13.2 Å². The minimum atomic E-state index is 0.360. The van der Waals surface area contributed by atoms with E-state index < -0.39 is 0 Å². The zero-order valence-electron chi connectivity index (χ0n) is 12.9. The second-order valence-electron chi connectivity index (χ2n) is 5.66. The van der Waals surface area contributed by atoms with Gasteiger partial charge in [0.2, 0.25) is 0 Å². The van der Waals surface area contributed by atoms with Crippen molar-refractivity contribution < 1.29 is 4.74 Å². The highest BCUT2D eigenvalue weighted by molar-refractivity contribution is 5.28. The SMILES string of the molecule is COc1cccc(CNCC2CNNC2c2ccccc2)c1. The Morgan fingerprint density at radius 2 is 2.00 bits per heavy atom. The highest BCUT2D eigenvalue weighted by Gasteiger charge is 2.27. The third-order valence-corrected chi connectivity index (χ3v) is 4.12. The summed E-state index contributed by atoms with van der Waals surface area (Å²) < 4.78 is 5.26. The molecule has 2 unspecified atom stereocenters. The molecule has 116 valence electrons. The number of benzene rings is 2. The Balaban J connectivity index is 1.54. The van der Waals surface area contributed by atoms with E-state index in [0.29, 0.717) is 12.0 Å². The Labute approximate surface area is 131 Å². The molecule has 0 saturated carbocycles. The number of hydrogen-bond acceptors (Lipinski definition) is 4. The topological polar surface area (TPSA) is 45.3 Å². The van der Waals surface area contributed by atoms with E-state index in [2.05, 4.69) is 58.6 Å². The maximum Gasteiger partial charge on any atom is 0.119 e. The van der Waals surface area contributed by atoms with Crippen molar-refractivity contribution in [3.05, 3.63) is 65.7 Å². The molecule has 3 N–H and O–H groups in total. The van der Waals surface area contributed by atoms with E-state index in [1.54, 1.807) is 7.11 Å². The van der Waals surface area contributed by atoms with Gasteiger partial charge in [-0.1, -0.05) is 42.5 Å². The lowest BCUT2D eigenvalue weighted by atomic mass is 9.95. The number of rotatable bonds is 6. The molecule has 22 heavy (non-hydrogen) atoms. The maximum absolute atomic E-state index is 5.26. The van der Waals surface area contributed by atoms with Gasteiger partial charge in [-0.05, 0) is 23.3 Å². The molecule has 1 aliphatic rings. The van der Waals surface area contributed by atoms with Gasteiger partial charge >= 0.3 is 0 Å². The molecular weight excluding hydrogens is 274 g/mol. The number of hydrogen-bond donors (Lipinski definition) is 3. The van der Waals surface area contributed by atoms with Crippen LogP contribution in [0.1, 0.15) is 17.2 Å². The van der Waals surface area contributed by atoms with Gasteiger partial charge in [0.25, 0.3) is 0 Å². The molecule has 1 aliphatic heterocycles. The van der Waals surface area contributed by atoms with Gasteiger partial charge in [-0.25, -0.2) is 5.43 Å². The van der Waals surface area contributed by atoms with Gasteiger partial charge < -0.3 is 10.1 Å². The van der Waals surface area contributed by atoms with Crippen LogP contribution in [0.4, 0.5) is 0 Å². The van der Waals surface area contributed by atoms with Gasteiger partial charge in [0.1, 0.15) is 5.75 Å². The van der Waals surface area contributed by atoms with Crippen LogP contribution in [-0.4, -0.2) is 20.2 Å².